The van der Waals surface area contributed by atoms with E-state index in [4.69, 9.17) is 4.74 Å². The largest absolute Gasteiger partial charge is 0.374 e. The zero-order chi connectivity index (χ0) is 22.9. The summed E-state index contributed by atoms with van der Waals surface area (Å²) in [4.78, 5) is 18.1. The highest BCUT2D eigenvalue weighted by molar-refractivity contribution is 6.04. The summed E-state index contributed by atoms with van der Waals surface area (Å²) in [6.07, 6.45) is 11.0. The second-order valence-electron chi connectivity index (χ2n) is 10.8. The Bertz CT molecular complexity index is 979. The molecule has 6 rings (SSSR count). The van der Waals surface area contributed by atoms with Gasteiger partial charge in [0, 0.05) is 48.7 Å². The Morgan fingerprint density at radius 2 is 1.65 bits per heavy atom. The number of fused-ring (bicyclic) bond motifs is 1. The molecule has 2 aliphatic carbocycles. The zero-order valence-corrected chi connectivity index (χ0v) is 20.1. The van der Waals surface area contributed by atoms with Gasteiger partial charge in [-0.3, -0.25) is 9.69 Å². The normalized spacial score (nSPS) is 25.5. The number of nitrogens with zero attached hydrogens (tertiary/aromatic N) is 2. The highest BCUT2D eigenvalue weighted by Gasteiger charge is 2.43. The van der Waals surface area contributed by atoms with Crippen molar-refractivity contribution in [3.05, 3.63) is 59.7 Å². The molecule has 0 aromatic heterocycles. The SMILES string of the molecule is O=C(Nc1ccc(N2CC[C@@H]3CN(C4CCCC4)C[C@@H]32)cc1)c1ccc(COC2CCC2)cc1. The van der Waals surface area contributed by atoms with Gasteiger partial charge in [-0.2, -0.15) is 0 Å². The smallest absolute Gasteiger partial charge is 0.255 e. The molecule has 4 fully saturated rings. The van der Waals surface area contributed by atoms with E-state index in [1.54, 1.807) is 0 Å². The van der Waals surface area contributed by atoms with Crippen LogP contribution >= 0.6 is 0 Å². The molecule has 0 unspecified atom stereocenters. The third-order valence-corrected chi connectivity index (χ3v) is 8.63. The minimum absolute atomic E-state index is 0.0663. The molecule has 2 aliphatic heterocycles. The van der Waals surface area contributed by atoms with Crippen molar-refractivity contribution in [2.75, 3.05) is 29.9 Å². The first-order valence-electron chi connectivity index (χ1n) is 13.4. The van der Waals surface area contributed by atoms with Gasteiger partial charge >= 0.3 is 0 Å². The Kier molecular flexibility index (Phi) is 6.32. The second kappa shape index (κ2) is 9.71. The Morgan fingerprint density at radius 1 is 0.882 bits per heavy atom. The summed E-state index contributed by atoms with van der Waals surface area (Å²) in [5.41, 5.74) is 3.93. The molecule has 4 aliphatic rings. The molecule has 2 saturated carbocycles. The summed E-state index contributed by atoms with van der Waals surface area (Å²) in [5, 5.41) is 3.06. The van der Waals surface area contributed by atoms with E-state index in [0.29, 0.717) is 24.3 Å². The first-order chi connectivity index (χ1) is 16.7. The van der Waals surface area contributed by atoms with Crippen LogP contribution in [0.15, 0.2) is 48.5 Å². The number of amides is 1. The van der Waals surface area contributed by atoms with Gasteiger partial charge in [-0.25, -0.2) is 0 Å². The van der Waals surface area contributed by atoms with Crippen LogP contribution in [0.4, 0.5) is 11.4 Å². The lowest BCUT2D eigenvalue weighted by molar-refractivity contribution is -0.00866. The van der Waals surface area contributed by atoms with Crippen LogP contribution in [0.5, 0.6) is 0 Å². The van der Waals surface area contributed by atoms with E-state index in [0.717, 1.165) is 29.8 Å². The Balaban J connectivity index is 1.04. The lowest BCUT2D eigenvalue weighted by Crippen LogP contribution is -2.38. The minimum Gasteiger partial charge on any atom is -0.374 e. The Hall–Kier alpha value is -2.37. The van der Waals surface area contributed by atoms with Crippen molar-refractivity contribution in [1.82, 2.24) is 4.90 Å². The third-order valence-electron chi connectivity index (χ3n) is 8.63. The maximum Gasteiger partial charge on any atom is 0.255 e. The predicted octanol–water partition coefficient (Wildman–Crippen LogP) is 5.46. The maximum atomic E-state index is 12.7. The molecular weight excluding hydrogens is 422 g/mol. The molecule has 2 aromatic carbocycles. The van der Waals surface area contributed by atoms with Crippen molar-refractivity contribution in [2.45, 2.75) is 76.2 Å². The topological polar surface area (TPSA) is 44.8 Å². The molecule has 1 amide bonds. The third kappa shape index (κ3) is 4.60. The molecule has 0 radical (unpaired) electrons. The fourth-order valence-electron chi connectivity index (χ4n) is 6.33. The van der Waals surface area contributed by atoms with Gasteiger partial charge in [-0.05, 0) is 86.4 Å². The zero-order valence-electron chi connectivity index (χ0n) is 20.1. The van der Waals surface area contributed by atoms with E-state index in [2.05, 4.69) is 27.2 Å². The molecule has 2 saturated heterocycles. The van der Waals surface area contributed by atoms with Gasteiger partial charge in [-0.15, -0.1) is 0 Å². The van der Waals surface area contributed by atoms with Gasteiger partial charge in [-0.1, -0.05) is 25.0 Å². The van der Waals surface area contributed by atoms with Crippen molar-refractivity contribution < 1.29 is 9.53 Å². The molecule has 2 aromatic rings. The number of likely N-dealkylation sites (tertiary alicyclic amines) is 1. The fourth-order valence-corrected chi connectivity index (χ4v) is 6.33. The number of benzene rings is 2. The summed E-state index contributed by atoms with van der Waals surface area (Å²) in [6.45, 7) is 4.28. The van der Waals surface area contributed by atoms with Crippen LogP contribution in [0.3, 0.4) is 0 Å². The number of nitrogens with one attached hydrogen (secondary N) is 1. The Morgan fingerprint density at radius 3 is 2.35 bits per heavy atom. The van der Waals surface area contributed by atoms with Gasteiger partial charge in [0.2, 0.25) is 0 Å². The van der Waals surface area contributed by atoms with Crippen molar-refractivity contribution >= 4 is 17.3 Å². The average Bonchev–Trinajstić information content (AvgIpc) is 3.56. The van der Waals surface area contributed by atoms with E-state index in [9.17, 15) is 4.79 Å². The summed E-state index contributed by atoms with van der Waals surface area (Å²) in [7, 11) is 0. The lowest BCUT2D eigenvalue weighted by atomic mass is 9.96. The van der Waals surface area contributed by atoms with Gasteiger partial charge < -0.3 is 15.0 Å². The van der Waals surface area contributed by atoms with Gasteiger partial charge in [0.25, 0.3) is 5.91 Å². The van der Waals surface area contributed by atoms with E-state index in [1.807, 2.05) is 36.4 Å². The molecule has 180 valence electrons. The number of carbonyl (C=O) groups is 1. The number of hydrogen-bond donors (Lipinski definition) is 1. The summed E-state index contributed by atoms with van der Waals surface area (Å²) < 4.78 is 5.86. The molecule has 1 N–H and O–H groups in total. The van der Waals surface area contributed by atoms with Gasteiger partial charge in [0.1, 0.15) is 0 Å². The van der Waals surface area contributed by atoms with Crippen LogP contribution in [-0.4, -0.2) is 48.6 Å². The van der Waals surface area contributed by atoms with Crippen LogP contribution in [0.1, 0.15) is 67.3 Å². The molecule has 5 nitrogen and oxygen atoms in total. The minimum atomic E-state index is -0.0663. The summed E-state index contributed by atoms with van der Waals surface area (Å²) in [5.74, 6) is 0.741. The number of carbonyl (C=O) groups excluding carboxylic acids is 1. The quantitative estimate of drug-likeness (QED) is 0.597. The fraction of sp³-hybridized carbons (Fsp3) is 0.552. The highest BCUT2D eigenvalue weighted by atomic mass is 16.5. The molecule has 0 spiro atoms. The van der Waals surface area contributed by atoms with Crippen LogP contribution in [0.2, 0.25) is 0 Å². The lowest BCUT2D eigenvalue weighted by Gasteiger charge is -2.29. The highest BCUT2D eigenvalue weighted by Crippen LogP contribution is 2.38. The second-order valence-corrected chi connectivity index (χ2v) is 10.8. The Labute approximate surface area is 203 Å². The number of anilines is 2. The number of hydrogen-bond acceptors (Lipinski definition) is 4. The van der Waals surface area contributed by atoms with Gasteiger partial charge in [0.15, 0.2) is 0 Å². The van der Waals surface area contributed by atoms with Crippen LogP contribution in [0, 0.1) is 5.92 Å². The van der Waals surface area contributed by atoms with E-state index >= 15 is 0 Å². The molecule has 0 bridgehead atoms. The van der Waals surface area contributed by atoms with E-state index in [1.165, 1.54) is 70.1 Å². The van der Waals surface area contributed by atoms with Crippen LogP contribution in [-0.2, 0) is 11.3 Å². The van der Waals surface area contributed by atoms with E-state index in [-0.39, 0.29) is 5.91 Å². The van der Waals surface area contributed by atoms with Crippen LogP contribution < -0.4 is 10.2 Å². The summed E-state index contributed by atoms with van der Waals surface area (Å²) >= 11 is 0. The molecular formula is C29H37N3O2. The molecule has 2 heterocycles. The van der Waals surface area contributed by atoms with E-state index < -0.39 is 0 Å². The standard InChI is InChI=1S/C29H37N3O2/c33-29(22-10-8-21(9-11-22)20-34-27-6-3-7-27)30-24-12-14-26(15-13-24)32-17-16-23-18-31(19-28(23)32)25-4-1-2-5-25/h8-15,23,25,27-28H,1-7,16-20H2,(H,30,33)/t23-,28+/m1/s1. The maximum absolute atomic E-state index is 12.7. The molecule has 2 atom stereocenters. The number of rotatable bonds is 7. The van der Waals surface area contributed by atoms with Crippen molar-refractivity contribution in [3.8, 4) is 0 Å². The van der Waals surface area contributed by atoms with Crippen molar-refractivity contribution in [2.24, 2.45) is 5.92 Å². The molecule has 5 heteroatoms. The van der Waals surface area contributed by atoms with Gasteiger partial charge in [0.05, 0.1) is 12.7 Å². The first kappa shape index (κ1) is 22.1. The van der Waals surface area contributed by atoms with Crippen LogP contribution in [0.25, 0.3) is 0 Å². The monoisotopic (exact) mass is 459 g/mol. The van der Waals surface area contributed by atoms with Crippen molar-refractivity contribution in [1.29, 1.82) is 0 Å². The van der Waals surface area contributed by atoms with Crippen molar-refractivity contribution in [3.63, 3.8) is 0 Å². The number of ether oxygens (including phenoxy) is 1. The molecule has 34 heavy (non-hydrogen) atoms. The predicted molar refractivity (Wildman–Crippen MR) is 136 cm³/mol. The first-order valence-corrected chi connectivity index (χ1v) is 13.4. The summed E-state index contributed by atoms with van der Waals surface area (Å²) in [6, 6.07) is 17.7. The average molecular weight is 460 g/mol.